The molecule has 0 saturated carbocycles. The first-order valence-electron chi connectivity index (χ1n) is 6.09. The van der Waals surface area contributed by atoms with E-state index in [0.717, 1.165) is 23.8 Å². The molecule has 0 aliphatic heterocycles. The Hall–Kier alpha value is -0.600. The van der Waals surface area contributed by atoms with Crippen molar-refractivity contribution in [1.82, 2.24) is 0 Å². The summed E-state index contributed by atoms with van der Waals surface area (Å²) in [7, 11) is 0. The van der Waals surface area contributed by atoms with Crippen LogP contribution in [0, 0.1) is 10.5 Å². The molecule has 2 rings (SSSR count). The van der Waals surface area contributed by atoms with E-state index in [1.807, 2.05) is 43.3 Å². The largest absolute Gasteiger partial charge is 0.482 e. The second-order valence-corrected chi connectivity index (χ2v) is 7.39. The van der Waals surface area contributed by atoms with Gasteiger partial charge in [0.15, 0.2) is 6.61 Å². The minimum absolute atomic E-state index is 0.0347. The van der Waals surface area contributed by atoms with Crippen LogP contribution in [0.25, 0.3) is 0 Å². The highest BCUT2D eigenvalue weighted by atomic mass is 127. The van der Waals surface area contributed by atoms with Crippen LogP contribution >= 0.6 is 54.5 Å². The van der Waals surface area contributed by atoms with E-state index in [4.69, 9.17) is 4.74 Å². The Morgan fingerprint density at radius 1 is 1.24 bits per heavy atom. The molecule has 21 heavy (non-hydrogen) atoms. The summed E-state index contributed by atoms with van der Waals surface area (Å²) in [5.74, 6) is 0.487. The quantitative estimate of drug-likeness (QED) is 0.562. The number of anilines is 1. The number of aryl methyl sites for hydroxylation is 1. The third-order valence-corrected chi connectivity index (χ3v) is 4.44. The lowest BCUT2D eigenvalue weighted by Crippen LogP contribution is -2.20. The van der Waals surface area contributed by atoms with Crippen molar-refractivity contribution >= 4 is 66.0 Å². The highest BCUT2D eigenvalue weighted by molar-refractivity contribution is 14.1. The maximum absolute atomic E-state index is 11.9. The Bertz CT molecular complexity index is 636. The topological polar surface area (TPSA) is 38.3 Å². The molecule has 0 radical (unpaired) electrons. The van der Waals surface area contributed by atoms with Gasteiger partial charge in [-0.2, -0.15) is 0 Å². The van der Waals surface area contributed by atoms with E-state index in [2.05, 4.69) is 59.8 Å². The van der Waals surface area contributed by atoms with Gasteiger partial charge >= 0.3 is 0 Å². The first-order chi connectivity index (χ1) is 9.95. The molecule has 0 atom stereocenters. The zero-order valence-electron chi connectivity index (χ0n) is 11.1. The van der Waals surface area contributed by atoms with E-state index >= 15 is 0 Å². The van der Waals surface area contributed by atoms with Crippen molar-refractivity contribution < 1.29 is 9.53 Å². The van der Waals surface area contributed by atoms with Crippen molar-refractivity contribution in [3.05, 3.63) is 54.5 Å². The molecule has 2 aromatic rings. The van der Waals surface area contributed by atoms with Crippen molar-refractivity contribution in [2.24, 2.45) is 0 Å². The molecule has 1 N–H and O–H groups in total. The lowest BCUT2D eigenvalue weighted by atomic mass is 10.2. The van der Waals surface area contributed by atoms with Gasteiger partial charge in [-0.05, 0) is 87.4 Å². The van der Waals surface area contributed by atoms with Crippen molar-refractivity contribution in [2.75, 3.05) is 11.9 Å². The van der Waals surface area contributed by atoms with Crippen LogP contribution in [0.2, 0.25) is 0 Å². The highest BCUT2D eigenvalue weighted by Gasteiger charge is 2.10. The maximum Gasteiger partial charge on any atom is 0.262 e. The smallest absolute Gasteiger partial charge is 0.262 e. The first kappa shape index (κ1) is 16.8. The molecule has 0 aliphatic carbocycles. The number of hydrogen-bond acceptors (Lipinski definition) is 2. The number of hydrogen-bond donors (Lipinski definition) is 1. The predicted molar refractivity (Wildman–Crippen MR) is 99.9 cm³/mol. The molecular formula is C15H12Br2INO2. The standard InChI is InChI=1S/C15H12Br2INO2/c1-9-6-10(16)7-13(17)15(9)21-8-14(20)19-12-4-2-11(18)3-5-12/h2-7H,8H2,1H3,(H,19,20). The summed E-state index contributed by atoms with van der Waals surface area (Å²) in [6.07, 6.45) is 0. The molecule has 0 fully saturated rings. The van der Waals surface area contributed by atoms with Gasteiger partial charge in [0.1, 0.15) is 5.75 Å². The average molecular weight is 525 g/mol. The minimum Gasteiger partial charge on any atom is -0.482 e. The number of nitrogens with one attached hydrogen (secondary N) is 1. The molecule has 0 unspecified atom stereocenters. The van der Waals surface area contributed by atoms with Crippen molar-refractivity contribution in [3.8, 4) is 5.75 Å². The molecule has 3 nitrogen and oxygen atoms in total. The van der Waals surface area contributed by atoms with Crippen molar-refractivity contribution in [2.45, 2.75) is 6.92 Å². The fourth-order valence-corrected chi connectivity index (χ4v) is 3.65. The molecule has 1 amide bonds. The van der Waals surface area contributed by atoms with Gasteiger partial charge in [0.2, 0.25) is 0 Å². The summed E-state index contributed by atoms with van der Waals surface area (Å²) in [6, 6.07) is 11.4. The zero-order chi connectivity index (χ0) is 15.4. The summed E-state index contributed by atoms with van der Waals surface area (Å²) < 4.78 is 8.50. The van der Waals surface area contributed by atoms with Gasteiger partial charge in [0.25, 0.3) is 5.91 Å². The van der Waals surface area contributed by atoms with E-state index in [9.17, 15) is 4.79 Å². The lowest BCUT2D eigenvalue weighted by Gasteiger charge is -2.12. The van der Waals surface area contributed by atoms with E-state index in [-0.39, 0.29) is 12.5 Å². The SMILES string of the molecule is Cc1cc(Br)cc(Br)c1OCC(=O)Nc1ccc(I)cc1. The van der Waals surface area contributed by atoms with Gasteiger partial charge in [-0.15, -0.1) is 0 Å². The molecule has 0 bridgehead atoms. The van der Waals surface area contributed by atoms with Crippen LogP contribution in [0.1, 0.15) is 5.56 Å². The second-order valence-electron chi connectivity index (χ2n) is 4.38. The van der Waals surface area contributed by atoms with E-state index in [1.165, 1.54) is 0 Å². The molecule has 0 saturated heterocycles. The molecule has 0 spiro atoms. The Morgan fingerprint density at radius 2 is 1.90 bits per heavy atom. The molecule has 6 heteroatoms. The van der Waals surface area contributed by atoms with Crippen LogP contribution < -0.4 is 10.1 Å². The summed E-state index contributed by atoms with van der Waals surface area (Å²) in [6.45, 7) is 1.90. The van der Waals surface area contributed by atoms with Crippen LogP contribution in [0.5, 0.6) is 5.75 Å². The second kappa shape index (κ2) is 7.60. The third kappa shape index (κ3) is 4.96. The monoisotopic (exact) mass is 523 g/mol. The number of carbonyl (C=O) groups excluding carboxylic acids is 1. The fraction of sp³-hybridized carbons (Fsp3) is 0.133. The number of halogens is 3. The summed E-state index contributed by atoms with van der Waals surface area (Å²) in [5.41, 5.74) is 1.72. The van der Waals surface area contributed by atoms with Gasteiger partial charge in [0.05, 0.1) is 4.47 Å². The number of benzene rings is 2. The molecule has 0 heterocycles. The molecule has 2 aromatic carbocycles. The zero-order valence-corrected chi connectivity index (χ0v) is 16.5. The lowest BCUT2D eigenvalue weighted by molar-refractivity contribution is -0.118. The van der Waals surface area contributed by atoms with Gasteiger partial charge < -0.3 is 10.1 Å². The Morgan fingerprint density at radius 3 is 2.52 bits per heavy atom. The summed E-state index contributed by atoms with van der Waals surface area (Å²) in [4.78, 5) is 11.9. The number of rotatable bonds is 4. The number of ether oxygens (including phenoxy) is 1. The van der Waals surface area contributed by atoms with Gasteiger partial charge in [-0.3, -0.25) is 4.79 Å². The maximum atomic E-state index is 11.9. The predicted octanol–water partition coefficient (Wildman–Crippen LogP) is 5.14. The molecule has 0 aliphatic rings. The fourth-order valence-electron chi connectivity index (χ4n) is 1.74. The van der Waals surface area contributed by atoms with Gasteiger partial charge in [-0.1, -0.05) is 15.9 Å². The van der Waals surface area contributed by atoms with Crippen LogP contribution in [0.15, 0.2) is 45.3 Å². The summed E-state index contributed by atoms with van der Waals surface area (Å²) >= 11 is 9.06. The first-order valence-corrected chi connectivity index (χ1v) is 8.76. The van der Waals surface area contributed by atoms with Crippen LogP contribution in [-0.2, 0) is 4.79 Å². The van der Waals surface area contributed by atoms with Gasteiger partial charge in [0, 0.05) is 13.7 Å². The van der Waals surface area contributed by atoms with Gasteiger partial charge in [-0.25, -0.2) is 0 Å². The Labute approximate surface area is 153 Å². The van der Waals surface area contributed by atoms with Crippen LogP contribution in [-0.4, -0.2) is 12.5 Å². The third-order valence-electron chi connectivity index (χ3n) is 2.67. The van der Waals surface area contributed by atoms with Crippen LogP contribution in [0.4, 0.5) is 5.69 Å². The average Bonchev–Trinajstić information content (AvgIpc) is 2.40. The summed E-state index contributed by atoms with van der Waals surface area (Å²) in [5, 5.41) is 2.80. The Kier molecular flexibility index (Phi) is 6.07. The number of amides is 1. The van der Waals surface area contributed by atoms with Crippen LogP contribution in [0.3, 0.4) is 0 Å². The highest BCUT2D eigenvalue weighted by Crippen LogP contribution is 2.32. The minimum atomic E-state index is -0.189. The van der Waals surface area contributed by atoms with Crippen molar-refractivity contribution in [3.63, 3.8) is 0 Å². The molecule has 110 valence electrons. The van der Waals surface area contributed by atoms with E-state index in [0.29, 0.717) is 5.75 Å². The normalized spacial score (nSPS) is 10.3. The van der Waals surface area contributed by atoms with E-state index in [1.54, 1.807) is 0 Å². The molecule has 0 aromatic heterocycles. The Balaban J connectivity index is 1.97. The molecular weight excluding hydrogens is 513 g/mol. The number of carbonyl (C=O) groups is 1. The van der Waals surface area contributed by atoms with E-state index < -0.39 is 0 Å². The van der Waals surface area contributed by atoms with Crippen molar-refractivity contribution in [1.29, 1.82) is 0 Å².